The van der Waals surface area contributed by atoms with Crippen LogP contribution in [0.3, 0.4) is 0 Å². The van der Waals surface area contributed by atoms with Gasteiger partial charge in [0.25, 0.3) is 0 Å². The van der Waals surface area contributed by atoms with Crippen LogP contribution in [-0.4, -0.2) is 42.9 Å². The molecule has 0 aliphatic carbocycles. The first-order valence-electron chi connectivity index (χ1n) is 5.72. The van der Waals surface area contributed by atoms with Crippen LogP contribution in [0.5, 0.6) is 0 Å². The first-order valence-corrected chi connectivity index (χ1v) is 5.72. The molecular formula is C11H23N3O2. The van der Waals surface area contributed by atoms with Crippen molar-refractivity contribution in [3.63, 3.8) is 0 Å². The normalized spacial score (nSPS) is 14.1. The minimum Gasteiger partial charge on any atom is -0.358 e. The van der Waals surface area contributed by atoms with Gasteiger partial charge in [-0.3, -0.25) is 9.59 Å². The van der Waals surface area contributed by atoms with Gasteiger partial charge in [-0.2, -0.15) is 0 Å². The van der Waals surface area contributed by atoms with Crippen LogP contribution in [0.4, 0.5) is 0 Å². The predicted molar refractivity (Wildman–Crippen MR) is 63.8 cm³/mol. The lowest BCUT2D eigenvalue weighted by molar-refractivity contribution is -0.137. The Bertz CT molecular complexity index is 243. The van der Waals surface area contributed by atoms with Gasteiger partial charge in [0.15, 0.2) is 0 Å². The SMILES string of the molecule is CCC(C)[C@H](N)C(=O)N(CC)CC(=O)NC. The summed E-state index contributed by atoms with van der Waals surface area (Å²) in [7, 11) is 1.55. The molecule has 0 saturated carbocycles. The molecule has 0 radical (unpaired) electrons. The van der Waals surface area contributed by atoms with Crippen LogP contribution < -0.4 is 11.1 Å². The third kappa shape index (κ3) is 4.18. The maximum absolute atomic E-state index is 11.9. The van der Waals surface area contributed by atoms with Gasteiger partial charge in [-0.1, -0.05) is 20.3 Å². The first-order chi connectivity index (χ1) is 7.47. The Kier molecular flexibility index (Phi) is 6.72. The summed E-state index contributed by atoms with van der Waals surface area (Å²) in [6.07, 6.45) is 0.852. The van der Waals surface area contributed by atoms with E-state index in [1.54, 1.807) is 7.05 Å². The van der Waals surface area contributed by atoms with E-state index in [9.17, 15) is 9.59 Å². The van der Waals surface area contributed by atoms with Gasteiger partial charge in [0.1, 0.15) is 0 Å². The van der Waals surface area contributed by atoms with E-state index in [1.165, 1.54) is 4.90 Å². The van der Waals surface area contributed by atoms with Crippen LogP contribution >= 0.6 is 0 Å². The number of nitrogens with one attached hydrogen (secondary N) is 1. The summed E-state index contributed by atoms with van der Waals surface area (Å²) in [5.74, 6) is -0.196. The lowest BCUT2D eigenvalue weighted by atomic mass is 9.99. The average Bonchev–Trinajstić information content (AvgIpc) is 2.32. The Morgan fingerprint density at radius 1 is 1.38 bits per heavy atom. The summed E-state index contributed by atoms with van der Waals surface area (Å²) in [4.78, 5) is 24.6. The Morgan fingerprint density at radius 2 is 1.94 bits per heavy atom. The molecule has 0 aromatic rings. The highest BCUT2D eigenvalue weighted by Crippen LogP contribution is 2.08. The van der Waals surface area contributed by atoms with Crippen molar-refractivity contribution in [3.8, 4) is 0 Å². The Labute approximate surface area is 97.4 Å². The Balaban J connectivity index is 4.46. The fourth-order valence-electron chi connectivity index (χ4n) is 1.31. The van der Waals surface area contributed by atoms with Gasteiger partial charge in [0.05, 0.1) is 12.6 Å². The molecule has 2 amide bonds. The summed E-state index contributed by atoms with van der Waals surface area (Å²) in [6.45, 7) is 6.35. The molecule has 94 valence electrons. The molecule has 0 bridgehead atoms. The van der Waals surface area contributed by atoms with Crippen LogP contribution in [0.15, 0.2) is 0 Å². The molecule has 3 N–H and O–H groups in total. The second kappa shape index (κ2) is 7.22. The van der Waals surface area contributed by atoms with Crippen LogP contribution in [0.1, 0.15) is 27.2 Å². The Morgan fingerprint density at radius 3 is 2.31 bits per heavy atom. The van der Waals surface area contributed by atoms with Gasteiger partial charge in [-0.25, -0.2) is 0 Å². The number of amides is 2. The maximum Gasteiger partial charge on any atom is 0.240 e. The zero-order valence-electron chi connectivity index (χ0n) is 10.6. The number of nitrogens with zero attached hydrogens (tertiary/aromatic N) is 1. The largest absolute Gasteiger partial charge is 0.358 e. The van der Waals surface area contributed by atoms with E-state index in [0.29, 0.717) is 6.54 Å². The zero-order chi connectivity index (χ0) is 12.7. The van der Waals surface area contributed by atoms with Crippen molar-refractivity contribution in [2.45, 2.75) is 33.2 Å². The predicted octanol–water partition coefficient (Wildman–Crippen LogP) is -0.0457. The number of hydrogen-bond donors (Lipinski definition) is 2. The number of likely N-dealkylation sites (N-methyl/N-ethyl adjacent to an activating group) is 2. The molecule has 0 heterocycles. The average molecular weight is 229 g/mol. The van der Waals surface area contributed by atoms with Gasteiger partial charge >= 0.3 is 0 Å². The maximum atomic E-state index is 11.9. The lowest BCUT2D eigenvalue weighted by Gasteiger charge is -2.26. The number of rotatable bonds is 6. The van der Waals surface area contributed by atoms with Gasteiger partial charge in [0.2, 0.25) is 11.8 Å². The van der Waals surface area contributed by atoms with Crippen LogP contribution in [0.25, 0.3) is 0 Å². The summed E-state index contributed by atoms with van der Waals surface area (Å²) >= 11 is 0. The monoisotopic (exact) mass is 229 g/mol. The van der Waals surface area contributed by atoms with Crippen molar-refractivity contribution >= 4 is 11.8 Å². The molecule has 0 aliphatic rings. The molecule has 0 aromatic carbocycles. The van der Waals surface area contributed by atoms with Gasteiger partial charge in [0, 0.05) is 13.6 Å². The van der Waals surface area contributed by atoms with Crippen LogP contribution in [0.2, 0.25) is 0 Å². The van der Waals surface area contributed by atoms with E-state index < -0.39 is 6.04 Å². The van der Waals surface area contributed by atoms with E-state index in [-0.39, 0.29) is 24.3 Å². The highest BCUT2D eigenvalue weighted by molar-refractivity contribution is 5.87. The smallest absolute Gasteiger partial charge is 0.240 e. The number of carbonyl (C=O) groups is 2. The van der Waals surface area contributed by atoms with E-state index in [1.807, 2.05) is 20.8 Å². The van der Waals surface area contributed by atoms with Crippen LogP contribution in [0, 0.1) is 5.92 Å². The molecule has 0 saturated heterocycles. The molecule has 0 fully saturated rings. The molecule has 0 aliphatic heterocycles. The summed E-state index contributed by atoms with van der Waals surface area (Å²) in [6, 6.07) is -0.519. The topological polar surface area (TPSA) is 75.4 Å². The molecule has 5 heteroatoms. The molecule has 5 nitrogen and oxygen atoms in total. The fraction of sp³-hybridized carbons (Fsp3) is 0.818. The molecule has 16 heavy (non-hydrogen) atoms. The third-order valence-electron chi connectivity index (χ3n) is 2.85. The van der Waals surface area contributed by atoms with E-state index in [2.05, 4.69) is 5.32 Å². The minimum atomic E-state index is -0.519. The standard InChI is InChI=1S/C11H23N3O2/c1-5-8(3)10(12)11(16)14(6-2)7-9(15)13-4/h8,10H,5-7,12H2,1-4H3,(H,13,15)/t8?,10-/m0/s1. The van der Waals surface area contributed by atoms with Crippen molar-refractivity contribution in [1.29, 1.82) is 0 Å². The van der Waals surface area contributed by atoms with Gasteiger partial charge < -0.3 is 16.0 Å². The number of carbonyl (C=O) groups excluding carboxylic acids is 2. The minimum absolute atomic E-state index is 0.0793. The fourth-order valence-corrected chi connectivity index (χ4v) is 1.31. The molecule has 1 unspecified atom stereocenters. The second-order valence-corrected chi connectivity index (χ2v) is 3.94. The molecular weight excluding hydrogens is 206 g/mol. The molecule has 0 spiro atoms. The van der Waals surface area contributed by atoms with E-state index in [4.69, 9.17) is 5.73 Å². The number of hydrogen-bond acceptors (Lipinski definition) is 3. The van der Waals surface area contributed by atoms with E-state index in [0.717, 1.165) is 6.42 Å². The second-order valence-electron chi connectivity index (χ2n) is 3.94. The Hall–Kier alpha value is -1.10. The highest BCUT2D eigenvalue weighted by atomic mass is 16.2. The molecule has 0 aromatic heterocycles. The highest BCUT2D eigenvalue weighted by Gasteiger charge is 2.25. The zero-order valence-corrected chi connectivity index (χ0v) is 10.6. The van der Waals surface area contributed by atoms with Gasteiger partial charge in [-0.15, -0.1) is 0 Å². The lowest BCUT2D eigenvalue weighted by Crippen LogP contribution is -2.49. The third-order valence-corrected chi connectivity index (χ3v) is 2.85. The van der Waals surface area contributed by atoms with Crippen molar-refractivity contribution in [2.24, 2.45) is 11.7 Å². The first kappa shape index (κ1) is 14.9. The molecule has 2 atom stereocenters. The van der Waals surface area contributed by atoms with Crippen molar-refractivity contribution in [2.75, 3.05) is 20.1 Å². The van der Waals surface area contributed by atoms with Crippen LogP contribution in [-0.2, 0) is 9.59 Å². The quantitative estimate of drug-likeness (QED) is 0.671. The molecule has 0 rings (SSSR count). The van der Waals surface area contributed by atoms with E-state index >= 15 is 0 Å². The van der Waals surface area contributed by atoms with Crippen molar-refractivity contribution in [3.05, 3.63) is 0 Å². The summed E-state index contributed by atoms with van der Waals surface area (Å²) < 4.78 is 0. The number of nitrogens with two attached hydrogens (primary N) is 1. The van der Waals surface area contributed by atoms with Crippen molar-refractivity contribution < 1.29 is 9.59 Å². The summed E-state index contributed by atoms with van der Waals surface area (Å²) in [5.41, 5.74) is 5.84. The summed E-state index contributed by atoms with van der Waals surface area (Å²) in [5, 5.41) is 2.49. The van der Waals surface area contributed by atoms with Crippen molar-refractivity contribution in [1.82, 2.24) is 10.2 Å². The van der Waals surface area contributed by atoms with Gasteiger partial charge in [-0.05, 0) is 12.8 Å².